The maximum Gasteiger partial charge on any atom is 0.508 e. The standard InChI is InChI=1S/C17H26N2O5/c1-6-22-16(21)23-14(12(2)11-18)13-9-7-8-10-19(13)15(20)24-17(3,4)5/h13-14H,2,6-10H2,1,3-5H3. The van der Waals surface area contributed by atoms with Crippen LogP contribution >= 0.6 is 0 Å². The zero-order valence-electron chi connectivity index (χ0n) is 14.8. The lowest BCUT2D eigenvalue weighted by Crippen LogP contribution is -2.52. The summed E-state index contributed by atoms with van der Waals surface area (Å²) in [6.07, 6.45) is -0.0538. The number of rotatable bonds is 4. The molecule has 1 heterocycles. The Morgan fingerprint density at radius 3 is 2.58 bits per heavy atom. The Bertz CT molecular complexity index is 518. The fourth-order valence-electron chi connectivity index (χ4n) is 2.52. The number of nitriles is 1. The Kier molecular flexibility index (Phi) is 7.08. The van der Waals surface area contributed by atoms with Crippen molar-refractivity contribution in [1.82, 2.24) is 4.90 Å². The average Bonchev–Trinajstić information content (AvgIpc) is 2.50. The molecule has 1 amide bonds. The van der Waals surface area contributed by atoms with Crippen LogP contribution in [0.3, 0.4) is 0 Å². The molecule has 0 aliphatic carbocycles. The van der Waals surface area contributed by atoms with Crippen LogP contribution < -0.4 is 0 Å². The summed E-state index contributed by atoms with van der Waals surface area (Å²) in [5, 5.41) is 9.17. The molecule has 7 nitrogen and oxygen atoms in total. The van der Waals surface area contributed by atoms with Gasteiger partial charge in [0.2, 0.25) is 0 Å². The van der Waals surface area contributed by atoms with Gasteiger partial charge in [-0.15, -0.1) is 0 Å². The van der Waals surface area contributed by atoms with Crippen LogP contribution in [0.5, 0.6) is 0 Å². The van der Waals surface area contributed by atoms with Gasteiger partial charge in [-0.2, -0.15) is 5.26 Å². The van der Waals surface area contributed by atoms with Crippen molar-refractivity contribution in [3.05, 3.63) is 12.2 Å². The number of ether oxygens (including phenoxy) is 3. The van der Waals surface area contributed by atoms with Crippen LogP contribution in [0.25, 0.3) is 0 Å². The van der Waals surface area contributed by atoms with E-state index in [0.29, 0.717) is 13.0 Å². The molecule has 1 saturated heterocycles. The van der Waals surface area contributed by atoms with Crippen molar-refractivity contribution in [3.8, 4) is 6.07 Å². The maximum atomic E-state index is 12.5. The van der Waals surface area contributed by atoms with E-state index in [2.05, 4.69) is 6.58 Å². The lowest BCUT2D eigenvalue weighted by Gasteiger charge is -2.39. The van der Waals surface area contributed by atoms with E-state index in [0.717, 1.165) is 12.8 Å². The van der Waals surface area contributed by atoms with E-state index in [-0.39, 0.29) is 12.2 Å². The number of likely N-dealkylation sites (tertiary alicyclic amines) is 1. The summed E-state index contributed by atoms with van der Waals surface area (Å²) in [5.74, 6) is 0. The smallest absolute Gasteiger partial charge is 0.444 e. The van der Waals surface area contributed by atoms with Crippen LogP contribution in [0.4, 0.5) is 9.59 Å². The van der Waals surface area contributed by atoms with E-state index in [9.17, 15) is 14.9 Å². The molecule has 0 radical (unpaired) electrons. The van der Waals surface area contributed by atoms with Crippen LogP contribution in [0.2, 0.25) is 0 Å². The van der Waals surface area contributed by atoms with E-state index in [1.54, 1.807) is 27.7 Å². The molecule has 24 heavy (non-hydrogen) atoms. The van der Waals surface area contributed by atoms with Gasteiger partial charge in [0, 0.05) is 6.54 Å². The van der Waals surface area contributed by atoms with Gasteiger partial charge in [-0.25, -0.2) is 9.59 Å². The molecule has 1 aliphatic rings. The van der Waals surface area contributed by atoms with E-state index in [4.69, 9.17) is 14.2 Å². The first kappa shape index (κ1) is 19.8. The Labute approximate surface area is 143 Å². The maximum absolute atomic E-state index is 12.5. The molecule has 2 unspecified atom stereocenters. The molecule has 1 rings (SSSR count). The second-order valence-corrected chi connectivity index (χ2v) is 6.60. The van der Waals surface area contributed by atoms with Crippen molar-refractivity contribution < 1.29 is 23.8 Å². The molecule has 1 aliphatic heterocycles. The highest BCUT2D eigenvalue weighted by molar-refractivity contribution is 5.69. The SMILES string of the molecule is C=C(C#N)C(OC(=O)OCC)C1CCCCN1C(=O)OC(C)(C)C. The molecular formula is C17H26N2O5. The minimum absolute atomic E-state index is 0.0727. The molecule has 0 spiro atoms. The number of nitrogens with zero attached hydrogens (tertiary/aromatic N) is 2. The number of amides is 1. The monoisotopic (exact) mass is 338 g/mol. The predicted molar refractivity (Wildman–Crippen MR) is 87.2 cm³/mol. The number of carbonyl (C=O) groups excluding carboxylic acids is 2. The van der Waals surface area contributed by atoms with Crippen LogP contribution in [0.1, 0.15) is 47.0 Å². The third-order valence-corrected chi connectivity index (χ3v) is 3.50. The molecule has 134 valence electrons. The van der Waals surface area contributed by atoms with Crippen molar-refractivity contribution >= 4 is 12.2 Å². The summed E-state index contributed by atoms with van der Waals surface area (Å²) in [4.78, 5) is 25.7. The normalized spacial score (nSPS) is 19.0. The summed E-state index contributed by atoms with van der Waals surface area (Å²) in [6, 6.07) is 1.42. The lowest BCUT2D eigenvalue weighted by molar-refractivity contribution is -0.0262. The molecule has 1 fully saturated rings. The average molecular weight is 338 g/mol. The predicted octanol–water partition coefficient (Wildman–Crippen LogP) is 3.40. The molecule has 0 aromatic carbocycles. The zero-order valence-corrected chi connectivity index (χ0v) is 14.8. The first-order chi connectivity index (χ1) is 11.2. The van der Waals surface area contributed by atoms with Gasteiger partial charge >= 0.3 is 12.2 Å². The summed E-state index contributed by atoms with van der Waals surface area (Å²) in [5.41, 5.74) is -0.563. The Morgan fingerprint density at radius 2 is 2.04 bits per heavy atom. The van der Waals surface area contributed by atoms with Crippen molar-refractivity contribution in [2.24, 2.45) is 0 Å². The summed E-state index contributed by atoms with van der Waals surface area (Å²) >= 11 is 0. The fraction of sp³-hybridized carbons (Fsp3) is 0.706. The van der Waals surface area contributed by atoms with E-state index in [1.807, 2.05) is 6.07 Å². The highest BCUT2D eigenvalue weighted by Crippen LogP contribution is 2.27. The van der Waals surface area contributed by atoms with Gasteiger partial charge in [0.1, 0.15) is 5.60 Å². The Balaban J connectivity index is 2.99. The quantitative estimate of drug-likeness (QED) is 0.576. The van der Waals surface area contributed by atoms with Gasteiger partial charge in [0.25, 0.3) is 0 Å². The van der Waals surface area contributed by atoms with Gasteiger partial charge in [-0.3, -0.25) is 0 Å². The molecule has 0 N–H and O–H groups in total. The van der Waals surface area contributed by atoms with E-state index in [1.165, 1.54) is 4.90 Å². The molecular weight excluding hydrogens is 312 g/mol. The van der Waals surface area contributed by atoms with Crippen LogP contribution in [0, 0.1) is 11.3 Å². The summed E-state index contributed by atoms with van der Waals surface area (Å²) < 4.78 is 15.5. The van der Waals surface area contributed by atoms with Gasteiger partial charge in [0.15, 0.2) is 6.10 Å². The van der Waals surface area contributed by atoms with Gasteiger partial charge < -0.3 is 19.1 Å². The van der Waals surface area contributed by atoms with Crippen LogP contribution in [-0.2, 0) is 14.2 Å². The Hall–Kier alpha value is -2.23. The highest BCUT2D eigenvalue weighted by atomic mass is 16.7. The zero-order chi connectivity index (χ0) is 18.3. The highest BCUT2D eigenvalue weighted by Gasteiger charge is 2.39. The number of hydrogen-bond donors (Lipinski definition) is 0. The molecule has 7 heteroatoms. The molecule has 0 saturated carbocycles. The largest absolute Gasteiger partial charge is 0.508 e. The van der Waals surface area contributed by atoms with Gasteiger partial charge in [0.05, 0.1) is 24.3 Å². The van der Waals surface area contributed by atoms with Crippen molar-refractivity contribution in [1.29, 1.82) is 5.26 Å². The van der Waals surface area contributed by atoms with Gasteiger partial charge in [-0.05, 0) is 47.0 Å². The summed E-state index contributed by atoms with van der Waals surface area (Å²) in [6.45, 7) is 11.3. The molecule has 0 bridgehead atoms. The third-order valence-electron chi connectivity index (χ3n) is 3.50. The number of carbonyl (C=O) groups is 2. The number of hydrogen-bond acceptors (Lipinski definition) is 6. The van der Waals surface area contributed by atoms with Gasteiger partial charge in [-0.1, -0.05) is 6.58 Å². The van der Waals surface area contributed by atoms with Crippen LogP contribution in [0.15, 0.2) is 12.2 Å². The second kappa shape index (κ2) is 8.57. The second-order valence-electron chi connectivity index (χ2n) is 6.60. The van der Waals surface area contributed by atoms with E-state index >= 15 is 0 Å². The minimum atomic E-state index is -0.943. The number of piperidine rings is 1. The molecule has 2 atom stereocenters. The fourth-order valence-corrected chi connectivity index (χ4v) is 2.52. The first-order valence-electron chi connectivity index (χ1n) is 8.11. The first-order valence-corrected chi connectivity index (χ1v) is 8.11. The minimum Gasteiger partial charge on any atom is -0.444 e. The van der Waals surface area contributed by atoms with Crippen molar-refractivity contribution in [3.63, 3.8) is 0 Å². The topological polar surface area (TPSA) is 88.9 Å². The van der Waals surface area contributed by atoms with Crippen LogP contribution in [-0.4, -0.2) is 48.0 Å². The third kappa shape index (κ3) is 5.76. The van der Waals surface area contributed by atoms with Crippen molar-refractivity contribution in [2.45, 2.75) is 64.7 Å². The van der Waals surface area contributed by atoms with Crippen molar-refractivity contribution in [2.75, 3.05) is 13.2 Å². The lowest BCUT2D eigenvalue weighted by atomic mass is 9.94. The molecule has 0 aromatic rings. The Morgan fingerprint density at radius 1 is 1.38 bits per heavy atom. The van der Waals surface area contributed by atoms with E-state index < -0.39 is 30.0 Å². The molecule has 0 aromatic heterocycles. The summed E-state index contributed by atoms with van der Waals surface area (Å²) in [7, 11) is 0.